The second kappa shape index (κ2) is 11.3. The topological polar surface area (TPSA) is 57.2 Å². The molecule has 98 valence electrons. The van der Waals surface area contributed by atoms with Crippen LogP contribution in [0.25, 0.3) is 0 Å². The molecule has 0 aromatic rings. The van der Waals surface area contributed by atoms with Gasteiger partial charge in [0.2, 0.25) is 0 Å². The van der Waals surface area contributed by atoms with Gasteiger partial charge in [-0.3, -0.25) is 0 Å². The van der Waals surface area contributed by atoms with Crippen LogP contribution in [0.3, 0.4) is 0 Å². The fourth-order valence-electron chi connectivity index (χ4n) is 1.01. The van der Waals surface area contributed by atoms with Gasteiger partial charge < -0.3 is 24.1 Å². The minimum Gasteiger partial charge on any atom is -0.391 e. The lowest BCUT2D eigenvalue weighted by atomic mass is 10.4. The number of aliphatic hydroxyl groups excluding tert-OH is 1. The highest BCUT2D eigenvalue weighted by Crippen LogP contribution is 1.93. The van der Waals surface area contributed by atoms with E-state index in [4.69, 9.17) is 24.1 Å². The highest BCUT2D eigenvalue weighted by atomic mass is 16.6. The van der Waals surface area contributed by atoms with Gasteiger partial charge in [0.25, 0.3) is 0 Å². The van der Waals surface area contributed by atoms with Gasteiger partial charge in [-0.05, 0) is 13.8 Å². The predicted octanol–water partition coefficient (Wildman–Crippen LogP) is 0.452. The average Bonchev–Trinajstić information content (AvgIpc) is 2.22. The van der Waals surface area contributed by atoms with Crippen LogP contribution in [0.1, 0.15) is 13.8 Å². The van der Waals surface area contributed by atoms with E-state index in [0.717, 1.165) is 0 Å². The highest BCUT2D eigenvalue weighted by Gasteiger charge is 2.03. The Labute approximate surface area is 97.6 Å². The molecule has 0 rings (SSSR count). The first kappa shape index (κ1) is 15.8. The Bertz CT molecular complexity index is 140. The van der Waals surface area contributed by atoms with Crippen LogP contribution in [0.5, 0.6) is 0 Å². The second-order valence-electron chi connectivity index (χ2n) is 3.67. The lowest BCUT2D eigenvalue weighted by Gasteiger charge is -2.14. The van der Waals surface area contributed by atoms with Gasteiger partial charge in [0.15, 0.2) is 0 Å². The maximum absolute atomic E-state index is 8.96. The molecule has 0 bridgehead atoms. The van der Waals surface area contributed by atoms with Gasteiger partial charge in [0.05, 0.1) is 51.8 Å². The standard InChI is InChI=1S/C11H24O5/c1-10(12)8-15-9-11(2)16-7-6-14-5-4-13-3/h10-12H,4-9H2,1-3H3. The molecular weight excluding hydrogens is 212 g/mol. The fourth-order valence-corrected chi connectivity index (χ4v) is 1.01. The van der Waals surface area contributed by atoms with Crippen molar-refractivity contribution in [1.29, 1.82) is 0 Å². The van der Waals surface area contributed by atoms with Crippen LogP contribution >= 0.6 is 0 Å². The Balaban J connectivity index is 3.14. The molecule has 16 heavy (non-hydrogen) atoms. The van der Waals surface area contributed by atoms with Crippen molar-refractivity contribution in [3.05, 3.63) is 0 Å². The van der Waals surface area contributed by atoms with E-state index in [1.54, 1.807) is 14.0 Å². The Morgan fingerprint density at radius 2 is 1.62 bits per heavy atom. The summed E-state index contributed by atoms with van der Waals surface area (Å²) < 4.78 is 20.7. The first-order valence-electron chi connectivity index (χ1n) is 5.61. The Hall–Kier alpha value is -0.200. The molecule has 5 heteroatoms. The molecule has 0 aromatic carbocycles. The van der Waals surface area contributed by atoms with Crippen LogP contribution in [-0.4, -0.2) is 64.1 Å². The molecule has 0 amide bonds. The van der Waals surface area contributed by atoms with Crippen LogP contribution in [0.15, 0.2) is 0 Å². The summed E-state index contributed by atoms with van der Waals surface area (Å²) in [5.74, 6) is 0. The fraction of sp³-hybridized carbons (Fsp3) is 1.00. The van der Waals surface area contributed by atoms with Crippen molar-refractivity contribution in [2.24, 2.45) is 0 Å². The van der Waals surface area contributed by atoms with Gasteiger partial charge in [0.1, 0.15) is 0 Å². The van der Waals surface area contributed by atoms with E-state index in [9.17, 15) is 0 Å². The average molecular weight is 236 g/mol. The monoisotopic (exact) mass is 236 g/mol. The van der Waals surface area contributed by atoms with Gasteiger partial charge in [-0.1, -0.05) is 0 Å². The molecule has 0 fully saturated rings. The molecule has 0 radical (unpaired) electrons. The third kappa shape index (κ3) is 11.9. The van der Waals surface area contributed by atoms with Crippen molar-refractivity contribution in [2.75, 3.05) is 46.8 Å². The molecule has 1 N–H and O–H groups in total. The van der Waals surface area contributed by atoms with Crippen molar-refractivity contribution in [1.82, 2.24) is 0 Å². The molecule has 0 aromatic heterocycles. The van der Waals surface area contributed by atoms with Crippen molar-refractivity contribution >= 4 is 0 Å². The summed E-state index contributed by atoms with van der Waals surface area (Å²) in [7, 11) is 1.64. The first-order valence-corrected chi connectivity index (χ1v) is 5.61. The van der Waals surface area contributed by atoms with Crippen LogP contribution in [0.4, 0.5) is 0 Å². The Morgan fingerprint density at radius 3 is 2.25 bits per heavy atom. The number of aliphatic hydroxyl groups is 1. The zero-order valence-corrected chi connectivity index (χ0v) is 10.5. The molecular formula is C11H24O5. The summed E-state index contributed by atoms with van der Waals surface area (Å²) >= 11 is 0. The van der Waals surface area contributed by atoms with E-state index in [-0.39, 0.29) is 6.10 Å². The van der Waals surface area contributed by atoms with E-state index < -0.39 is 6.10 Å². The van der Waals surface area contributed by atoms with Crippen LogP contribution in [0, 0.1) is 0 Å². The number of rotatable bonds is 11. The molecule has 0 spiro atoms. The van der Waals surface area contributed by atoms with Gasteiger partial charge in [0, 0.05) is 7.11 Å². The Kier molecular flexibility index (Phi) is 11.1. The van der Waals surface area contributed by atoms with Crippen LogP contribution < -0.4 is 0 Å². The number of methoxy groups -OCH3 is 1. The lowest BCUT2D eigenvalue weighted by Crippen LogP contribution is -2.21. The third-order valence-corrected chi connectivity index (χ3v) is 1.77. The number of hydrogen-bond acceptors (Lipinski definition) is 5. The summed E-state index contributed by atoms with van der Waals surface area (Å²) in [6, 6.07) is 0. The zero-order valence-electron chi connectivity index (χ0n) is 10.5. The van der Waals surface area contributed by atoms with Gasteiger partial charge >= 0.3 is 0 Å². The minimum atomic E-state index is -0.426. The normalized spacial score (nSPS) is 15.0. The van der Waals surface area contributed by atoms with E-state index in [0.29, 0.717) is 39.6 Å². The van der Waals surface area contributed by atoms with E-state index in [1.165, 1.54) is 0 Å². The molecule has 0 heterocycles. The van der Waals surface area contributed by atoms with Crippen molar-refractivity contribution in [2.45, 2.75) is 26.1 Å². The maximum atomic E-state index is 8.96. The largest absolute Gasteiger partial charge is 0.391 e. The van der Waals surface area contributed by atoms with Crippen LogP contribution in [0.2, 0.25) is 0 Å². The van der Waals surface area contributed by atoms with Crippen LogP contribution in [-0.2, 0) is 18.9 Å². The highest BCUT2D eigenvalue weighted by molar-refractivity contribution is 4.49. The van der Waals surface area contributed by atoms with Crippen molar-refractivity contribution < 1.29 is 24.1 Å². The number of hydrogen-bond donors (Lipinski definition) is 1. The van der Waals surface area contributed by atoms with Gasteiger partial charge in [-0.15, -0.1) is 0 Å². The summed E-state index contributed by atoms with van der Waals surface area (Å²) in [5, 5.41) is 8.96. The molecule has 5 nitrogen and oxygen atoms in total. The lowest BCUT2D eigenvalue weighted by molar-refractivity contribution is -0.0466. The molecule has 0 aliphatic heterocycles. The van der Waals surface area contributed by atoms with E-state index in [2.05, 4.69) is 0 Å². The molecule has 2 unspecified atom stereocenters. The Morgan fingerprint density at radius 1 is 0.938 bits per heavy atom. The van der Waals surface area contributed by atoms with Crippen molar-refractivity contribution in [3.63, 3.8) is 0 Å². The van der Waals surface area contributed by atoms with Gasteiger partial charge in [-0.2, -0.15) is 0 Å². The minimum absolute atomic E-state index is 0.0183. The molecule has 0 saturated carbocycles. The van der Waals surface area contributed by atoms with Gasteiger partial charge in [-0.25, -0.2) is 0 Å². The smallest absolute Gasteiger partial charge is 0.0781 e. The predicted molar refractivity (Wildman–Crippen MR) is 60.6 cm³/mol. The van der Waals surface area contributed by atoms with E-state index >= 15 is 0 Å². The third-order valence-electron chi connectivity index (χ3n) is 1.77. The summed E-state index contributed by atoms with van der Waals surface area (Å²) in [5.41, 5.74) is 0. The molecule has 0 aliphatic rings. The molecule has 0 saturated heterocycles. The number of ether oxygens (including phenoxy) is 4. The summed E-state index contributed by atoms with van der Waals surface area (Å²) in [6.07, 6.45) is -0.408. The summed E-state index contributed by atoms with van der Waals surface area (Å²) in [6.45, 7) is 6.75. The first-order chi connectivity index (χ1) is 7.66. The quantitative estimate of drug-likeness (QED) is 0.528. The van der Waals surface area contributed by atoms with E-state index in [1.807, 2.05) is 6.92 Å². The van der Waals surface area contributed by atoms with Crippen molar-refractivity contribution in [3.8, 4) is 0 Å². The zero-order chi connectivity index (χ0) is 12.2. The molecule has 2 atom stereocenters. The molecule has 0 aliphatic carbocycles. The maximum Gasteiger partial charge on any atom is 0.0781 e. The SMILES string of the molecule is COCCOCCOC(C)COCC(C)O. The second-order valence-corrected chi connectivity index (χ2v) is 3.67. The summed E-state index contributed by atoms with van der Waals surface area (Å²) in [4.78, 5) is 0.